The lowest BCUT2D eigenvalue weighted by Gasteiger charge is -2.16. The molecule has 28 heavy (non-hydrogen) atoms. The van der Waals surface area contributed by atoms with Crippen LogP contribution < -0.4 is 16.0 Å². The molecule has 10 heteroatoms. The molecule has 3 amide bonds. The van der Waals surface area contributed by atoms with Crippen LogP contribution in [0.4, 0.5) is 4.79 Å². The molecule has 2 aliphatic heterocycles. The SMILES string of the molecule is O=C(CCCC[C@@H]1SC[C@@H]2NC(=O)N[C@@H]21)NCc1ccc(-n2cncn2)nc1. The fourth-order valence-electron chi connectivity index (χ4n) is 3.55. The maximum Gasteiger partial charge on any atom is 0.315 e. The minimum Gasteiger partial charge on any atom is -0.352 e. The summed E-state index contributed by atoms with van der Waals surface area (Å²) in [5.41, 5.74) is 0.940. The third-order valence-corrected chi connectivity index (χ3v) is 6.54. The number of thioether (sulfide) groups is 1. The average molecular weight is 401 g/mol. The highest BCUT2D eigenvalue weighted by Crippen LogP contribution is 2.33. The molecule has 2 aromatic rings. The Labute approximate surface area is 167 Å². The lowest BCUT2D eigenvalue weighted by Crippen LogP contribution is -2.36. The Morgan fingerprint density at radius 1 is 1.32 bits per heavy atom. The normalized spacial score (nSPS) is 23.1. The van der Waals surface area contributed by atoms with Crippen molar-refractivity contribution in [2.75, 3.05) is 5.75 Å². The Morgan fingerprint density at radius 2 is 2.25 bits per heavy atom. The number of hydrogen-bond donors (Lipinski definition) is 3. The van der Waals surface area contributed by atoms with E-state index in [2.05, 4.69) is 31.0 Å². The molecule has 9 nitrogen and oxygen atoms in total. The first-order valence-electron chi connectivity index (χ1n) is 9.44. The number of rotatable bonds is 8. The molecular formula is C18H23N7O2S. The van der Waals surface area contributed by atoms with Crippen LogP contribution in [0.15, 0.2) is 31.0 Å². The number of unbranched alkanes of at least 4 members (excludes halogenated alkanes) is 1. The zero-order chi connectivity index (χ0) is 19.3. The number of urea groups is 1. The van der Waals surface area contributed by atoms with Crippen molar-refractivity contribution in [2.45, 2.75) is 49.6 Å². The van der Waals surface area contributed by atoms with Crippen LogP contribution in [-0.2, 0) is 11.3 Å². The number of fused-ring (bicyclic) bond motifs is 1. The molecule has 2 aliphatic rings. The highest BCUT2D eigenvalue weighted by atomic mass is 32.2. The van der Waals surface area contributed by atoms with Gasteiger partial charge in [0.25, 0.3) is 0 Å². The van der Waals surface area contributed by atoms with Crippen LogP contribution in [0.3, 0.4) is 0 Å². The van der Waals surface area contributed by atoms with E-state index in [4.69, 9.17) is 0 Å². The Bertz CT molecular complexity index is 812. The van der Waals surface area contributed by atoms with Gasteiger partial charge >= 0.3 is 6.03 Å². The van der Waals surface area contributed by atoms with Gasteiger partial charge in [0.2, 0.25) is 5.91 Å². The second-order valence-electron chi connectivity index (χ2n) is 7.01. The minimum atomic E-state index is -0.0523. The van der Waals surface area contributed by atoms with E-state index >= 15 is 0 Å². The van der Waals surface area contributed by atoms with E-state index < -0.39 is 0 Å². The summed E-state index contributed by atoms with van der Waals surface area (Å²) < 4.78 is 1.58. The van der Waals surface area contributed by atoms with Gasteiger partial charge in [-0.15, -0.1) is 0 Å². The van der Waals surface area contributed by atoms with E-state index in [0.29, 0.717) is 24.0 Å². The van der Waals surface area contributed by atoms with Crippen molar-refractivity contribution in [1.82, 2.24) is 35.7 Å². The number of pyridine rings is 1. The quantitative estimate of drug-likeness (QED) is 0.449. The number of nitrogens with zero attached hydrogens (tertiary/aromatic N) is 4. The molecule has 0 unspecified atom stereocenters. The van der Waals surface area contributed by atoms with Crippen molar-refractivity contribution >= 4 is 23.7 Å². The third kappa shape index (κ3) is 4.44. The van der Waals surface area contributed by atoms with Gasteiger partial charge in [0.1, 0.15) is 12.7 Å². The van der Waals surface area contributed by atoms with Crippen LogP contribution in [-0.4, -0.2) is 54.8 Å². The van der Waals surface area contributed by atoms with Gasteiger partial charge in [0.15, 0.2) is 5.82 Å². The zero-order valence-corrected chi connectivity index (χ0v) is 16.2. The van der Waals surface area contributed by atoms with Gasteiger partial charge in [-0.25, -0.2) is 19.4 Å². The van der Waals surface area contributed by atoms with Crippen LogP contribution in [0.1, 0.15) is 31.2 Å². The van der Waals surface area contributed by atoms with E-state index in [9.17, 15) is 9.59 Å². The fourth-order valence-corrected chi connectivity index (χ4v) is 5.09. The van der Waals surface area contributed by atoms with Crippen molar-refractivity contribution in [3.05, 3.63) is 36.5 Å². The lowest BCUT2D eigenvalue weighted by atomic mass is 10.0. The summed E-state index contributed by atoms with van der Waals surface area (Å²) in [5.74, 6) is 1.71. The summed E-state index contributed by atoms with van der Waals surface area (Å²) in [6.45, 7) is 0.462. The summed E-state index contributed by atoms with van der Waals surface area (Å²) >= 11 is 1.91. The molecule has 0 aliphatic carbocycles. The second-order valence-corrected chi connectivity index (χ2v) is 8.28. The second kappa shape index (κ2) is 8.59. The number of aromatic nitrogens is 4. The van der Waals surface area contributed by atoms with Crippen molar-refractivity contribution in [1.29, 1.82) is 0 Å². The summed E-state index contributed by atoms with van der Waals surface area (Å²) in [5, 5.41) is 13.4. The number of carbonyl (C=O) groups excluding carboxylic acids is 2. The monoisotopic (exact) mass is 401 g/mol. The van der Waals surface area contributed by atoms with E-state index in [1.165, 1.54) is 6.33 Å². The molecule has 2 saturated heterocycles. The highest BCUT2D eigenvalue weighted by Gasteiger charge is 2.42. The van der Waals surface area contributed by atoms with Crippen LogP contribution in [0.25, 0.3) is 5.82 Å². The van der Waals surface area contributed by atoms with E-state index in [-0.39, 0.29) is 24.0 Å². The average Bonchev–Trinajstić information content (AvgIpc) is 3.42. The summed E-state index contributed by atoms with van der Waals surface area (Å²) in [7, 11) is 0. The molecule has 2 aromatic heterocycles. The Morgan fingerprint density at radius 3 is 3.04 bits per heavy atom. The summed E-state index contributed by atoms with van der Waals surface area (Å²) in [6.07, 6.45) is 8.15. The predicted molar refractivity (Wildman–Crippen MR) is 105 cm³/mol. The van der Waals surface area contributed by atoms with Crippen LogP contribution in [0, 0.1) is 0 Å². The van der Waals surface area contributed by atoms with E-state index in [1.807, 2.05) is 23.9 Å². The largest absolute Gasteiger partial charge is 0.352 e. The van der Waals surface area contributed by atoms with Crippen molar-refractivity contribution < 1.29 is 9.59 Å². The van der Waals surface area contributed by atoms with Gasteiger partial charge in [-0.2, -0.15) is 16.9 Å². The van der Waals surface area contributed by atoms with Crippen LogP contribution in [0.5, 0.6) is 0 Å². The first kappa shape index (κ1) is 18.7. The Kier molecular flexibility index (Phi) is 5.75. The number of carbonyl (C=O) groups is 2. The molecule has 148 valence electrons. The van der Waals surface area contributed by atoms with Gasteiger partial charge in [-0.05, 0) is 24.5 Å². The molecule has 0 bridgehead atoms. The standard InChI is InChI=1S/C18H23N7O2S/c26-16(4-2-1-3-14-17-13(9-28-14)23-18(27)24-17)21-8-12-5-6-15(20-7-12)25-11-19-10-22-25/h5-7,10-11,13-14,17H,1-4,8-9H2,(H,21,26)(H2,23,24,27)/t13-,14-,17-/m0/s1. The molecular weight excluding hydrogens is 378 g/mol. The van der Waals surface area contributed by atoms with Crippen molar-refractivity contribution in [3.8, 4) is 5.82 Å². The molecule has 0 radical (unpaired) electrons. The van der Waals surface area contributed by atoms with Gasteiger partial charge in [0.05, 0.1) is 12.1 Å². The highest BCUT2D eigenvalue weighted by molar-refractivity contribution is 8.00. The van der Waals surface area contributed by atoms with Gasteiger partial charge in [-0.3, -0.25) is 4.79 Å². The Balaban J connectivity index is 1.13. The first-order valence-corrected chi connectivity index (χ1v) is 10.5. The van der Waals surface area contributed by atoms with Gasteiger partial charge < -0.3 is 16.0 Å². The summed E-state index contributed by atoms with van der Waals surface area (Å²) in [6, 6.07) is 4.21. The van der Waals surface area contributed by atoms with Gasteiger partial charge in [-0.1, -0.05) is 12.5 Å². The predicted octanol–water partition coefficient (Wildman–Crippen LogP) is 1.00. The molecule has 4 heterocycles. The number of nitrogens with one attached hydrogen (secondary N) is 3. The minimum absolute atomic E-state index is 0.0492. The van der Waals surface area contributed by atoms with Crippen LogP contribution >= 0.6 is 11.8 Å². The number of amides is 3. The molecule has 0 saturated carbocycles. The molecule has 3 N–H and O–H groups in total. The number of hydrogen-bond acceptors (Lipinski definition) is 6. The smallest absolute Gasteiger partial charge is 0.315 e. The van der Waals surface area contributed by atoms with E-state index in [1.54, 1.807) is 17.2 Å². The molecule has 2 fully saturated rings. The van der Waals surface area contributed by atoms with E-state index in [0.717, 1.165) is 30.6 Å². The van der Waals surface area contributed by atoms with Crippen LogP contribution in [0.2, 0.25) is 0 Å². The summed E-state index contributed by atoms with van der Waals surface area (Å²) in [4.78, 5) is 31.7. The maximum absolute atomic E-state index is 12.1. The molecule has 0 aromatic carbocycles. The topological polar surface area (TPSA) is 114 Å². The maximum atomic E-state index is 12.1. The molecule has 4 rings (SSSR count). The Hall–Kier alpha value is -2.62. The lowest BCUT2D eigenvalue weighted by molar-refractivity contribution is -0.121. The first-order chi connectivity index (χ1) is 13.7. The third-order valence-electron chi connectivity index (χ3n) is 5.03. The van der Waals surface area contributed by atoms with Gasteiger partial charge in [0, 0.05) is 30.2 Å². The molecule has 0 spiro atoms. The zero-order valence-electron chi connectivity index (χ0n) is 15.4. The van der Waals surface area contributed by atoms with Crippen molar-refractivity contribution in [3.63, 3.8) is 0 Å². The molecule has 3 atom stereocenters. The van der Waals surface area contributed by atoms with Crippen molar-refractivity contribution in [2.24, 2.45) is 0 Å². The fraction of sp³-hybridized carbons (Fsp3) is 0.500.